The number of hydrazine groups is 1. The fourth-order valence-electron chi connectivity index (χ4n) is 1.48. The molecule has 0 bridgehead atoms. The SMILES string of the molecule is COc1ccc(OC/C(=C/N)N(N)COC(=O)C(C)(C)C)cc1.I. The van der Waals surface area contributed by atoms with Crippen LogP contribution in [0.25, 0.3) is 0 Å². The van der Waals surface area contributed by atoms with Crippen molar-refractivity contribution in [2.24, 2.45) is 17.0 Å². The Morgan fingerprint density at radius 2 is 1.75 bits per heavy atom. The first kappa shape index (κ1) is 22.3. The number of hydrogen-bond acceptors (Lipinski definition) is 7. The number of carbonyl (C=O) groups is 1. The molecule has 0 saturated carbocycles. The van der Waals surface area contributed by atoms with E-state index in [0.717, 1.165) is 5.75 Å². The van der Waals surface area contributed by atoms with Gasteiger partial charge in [-0.1, -0.05) is 0 Å². The van der Waals surface area contributed by atoms with Crippen LogP contribution < -0.4 is 21.1 Å². The second-order valence-electron chi connectivity index (χ2n) is 5.90. The summed E-state index contributed by atoms with van der Waals surface area (Å²) >= 11 is 0. The summed E-state index contributed by atoms with van der Waals surface area (Å²) in [5.41, 5.74) is 5.45. The summed E-state index contributed by atoms with van der Waals surface area (Å²) in [6.07, 6.45) is 1.31. The molecule has 0 unspecified atom stereocenters. The second kappa shape index (κ2) is 10.2. The molecule has 0 amide bonds. The van der Waals surface area contributed by atoms with Gasteiger partial charge in [-0.3, -0.25) is 9.80 Å². The molecule has 0 radical (unpaired) electrons. The lowest BCUT2D eigenvalue weighted by molar-refractivity contribution is -0.157. The van der Waals surface area contributed by atoms with Crippen molar-refractivity contribution in [3.63, 3.8) is 0 Å². The predicted octanol–water partition coefficient (Wildman–Crippen LogP) is 2.21. The maximum absolute atomic E-state index is 11.7. The van der Waals surface area contributed by atoms with E-state index >= 15 is 0 Å². The minimum absolute atomic E-state index is 0. The molecule has 1 aromatic rings. The number of hydrogen-bond donors (Lipinski definition) is 2. The second-order valence-corrected chi connectivity index (χ2v) is 5.90. The summed E-state index contributed by atoms with van der Waals surface area (Å²) in [5.74, 6) is 6.87. The maximum atomic E-state index is 11.7. The number of esters is 1. The van der Waals surface area contributed by atoms with Gasteiger partial charge in [-0.25, -0.2) is 5.84 Å². The Labute approximate surface area is 159 Å². The lowest BCUT2D eigenvalue weighted by Crippen LogP contribution is -2.38. The summed E-state index contributed by atoms with van der Waals surface area (Å²) in [5, 5.41) is 1.23. The van der Waals surface area contributed by atoms with E-state index in [1.54, 1.807) is 52.1 Å². The number of methoxy groups -OCH3 is 1. The first-order valence-corrected chi connectivity index (χ1v) is 7.15. The highest BCUT2D eigenvalue weighted by molar-refractivity contribution is 14.0. The third-order valence-corrected chi connectivity index (χ3v) is 2.95. The van der Waals surface area contributed by atoms with Gasteiger partial charge in [0, 0.05) is 6.20 Å². The van der Waals surface area contributed by atoms with E-state index < -0.39 is 5.41 Å². The largest absolute Gasteiger partial charge is 0.497 e. The van der Waals surface area contributed by atoms with Gasteiger partial charge in [-0.15, -0.1) is 24.0 Å². The van der Waals surface area contributed by atoms with E-state index in [-0.39, 0.29) is 43.3 Å². The molecule has 0 atom stereocenters. The fourth-order valence-corrected chi connectivity index (χ4v) is 1.48. The van der Waals surface area contributed by atoms with Crippen LogP contribution in [0.5, 0.6) is 11.5 Å². The molecule has 136 valence electrons. The summed E-state index contributed by atoms with van der Waals surface area (Å²) in [7, 11) is 1.59. The molecule has 0 fully saturated rings. The Hall–Kier alpha value is -1.68. The third-order valence-electron chi connectivity index (χ3n) is 2.95. The van der Waals surface area contributed by atoms with Gasteiger partial charge in [0.15, 0.2) is 6.73 Å². The van der Waals surface area contributed by atoms with Gasteiger partial charge in [-0.2, -0.15) is 0 Å². The van der Waals surface area contributed by atoms with Crippen molar-refractivity contribution in [2.75, 3.05) is 20.4 Å². The fraction of sp³-hybridized carbons (Fsp3) is 0.438. The highest BCUT2D eigenvalue weighted by Gasteiger charge is 2.23. The first-order valence-electron chi connectivity index (χ1n) is 7.15. The Balaban J connectivity index is 0.00000529. The van der Waals surface area contributed by atoms with Crippen LogP contribution in [0.4, 0.5) is 0 Å². The van der Waals surface area contributed by atoms with Crippen molar-refractivity contribution in [1.29, 1.82) is 0 Å². The predicted molar refractivity (Wildman–Crippen MR) is 103 cm³/mol. The number of rotatable bonds is 7. The molecular formula is C16H26IN3O4. The van der Waals surface area contributed by atoms with Gasteiger partial charge >= 0.3 is 5.97 Å². The molecule has 0 aromatic heterocycles. The zero-order chi connectivity index (χ0) is 17.5. The summed E-state index contributed by atoms with van der Waals surface area (Å²) in [6.45, 7) is 5.34. The van der Waals surface area contributed by atoms with Crippen molar-refractivity contribution in [3.05, 3.63) is 36.2 Å². The van der Waals surface area contributed by atoms with E-state index in [4.69, 9.17) is 25.8 Å². The van der Waals surface area contributed by atoms with E-state index in [2.05, 4.69) is 0 Å². The molecule has 0 spiro atoms. The monoisotopic (exact) mass is 451 g/mol. The van der Waals surface area contributed by atoms with Crippen LogP contribution in [0.1, 0.15) is 20.8 Å². The highest BCUT2D eigenvalue weighted by Crippen LogP contribution is 2.18. The molecule has 1 rings (SSSR count). The average molecular weight is 451 g/mol. The normalized spacial score (nSPS) is 11.3. The molecular weight excluding hydrogens is 425 g/mol. The van der Waals surface area contributed by atoms with Crippen molar-refractivity contribution in [3.8, 4) is 11.5 Å². The molecule has 4 N–H and O–H groups in total. The van der Waals surface area contributed by atoms with Gasteiger partial charge < -0.3 is 19.9 Å². The highest BCUT2D eigenvalue weighted by atomic mass is 127. The van der Waals surface area contributed by atoms with Crippen LogP contribution in [0.15, 0.2) is 36.2 Å². The Morgan fingerprint density at radius 1 is 1.21 bits per heavy atom. The van der Waals surface area contributed by atoms with E-state index in [9.17, 15) is 4.79 Å². The molecule has 8 heteroatoms. The zero-order valence-electron chi connectivity index (χ0n) is 14.4. The van der Waals surface area contributed by atoms with Crippen molar-refractivity contribution >= 4 is 29.9 Å². The Morgan fingerprint density at radius 3 is 2.21 bits per heavy atom. The quantitative estimate of drug-likeness (QED) is 0.216. The molecule has 0 aliphatic carbocycles. The molecule has 0 saturated heterocycles. The zero-order valence-corrected chi connectivity index (χ0v) is 16.8. The van der Waals surface area contributed by atoms with E-state index in [0.29, 0.717) is 11.4 Å². The van der Waals surface area contributed by atoms with Crippen LogP contribution in [-0.4, -0.2) is 31.4 Å². The van der Waals surface area contributed by atoms with Crippen molar-refractivity contribution < 1.29 is 19.0 Å². The first-order chi connectivity index (χ1) is 10.8. The number of nitrogens with two attached hydrogens (primary N) is 2. The summed E-state index contributed by atoms with van der Waals surface area (Å²) < 4.78 is 15.8. The van der Waals surface area contributed by atoms with Crippen LogP contribution in [0.3, 0.4) is 0 Å². The number of carbonyl (C=O) groups excluding carboxylic acids is 1. The number of benzene rings is 1. The number of nitrogens with zero attached hydrogens (tertiary/aromatic N) is 1. The topological polar surface area (TPSA) is 100 Å². The number of halogens is 1. The lowest BCUT2D eigenvalue weighted by Gasteiger charge is -2.24. The van der Waals surface area contributed by atoms with E-state index in [1.807, 2.05) is 0 Å². The van der Waals surface area contributed by atoms with Gasteiger partial charge in [0.2, 0.25) is 0 Å². The summed E-state index contributed by atoms with van der Waals surface area (Å²) in [6, 6.07) is 7.11. The van der Waals surface area contributed by atoms with Crippen LogP contribution >= 0.6 is 24.0 Å². The molecule has 24 heavy (non-hydrogen) atoms. The molecule has 0 aliphatic heterocycles. The third kappa shape index (κ3) is 7.26. The van der Waals surface area contributed by atoms with Gasteiger partial charge in [0.25, 0.3) is 0 Å². The van der Waals surface area contributed by atoms with Crippen LogP contribution in [0.2, 0.25) is 0 Å². The smallest absolute Gasteiger partial charge is 0.312 e. The van der Waals surface area contributed by atoms with Crippen LogP contribution in [0, 0.1) is 5.41 Å². The van der Waals surface area contributed by atoms with Crippen molar-refractivity contribution in [2.45, 2.75) is 20.8 Å². The molecule has 0 aliphatic rings. The molecule has 1 aromatic carbocycles. The maximum Gasteiger partial charge on any atom is 0.312 e. The summed E-state index contributed by atoms with van der Waals surface area (Å²) in [4.78, 5) is 11.7. The number of ether oxygens (including phenoxy) is 3. The minimum atomic E-state index is -0.590. The van der Waals surface area contributed by atoms with E-state index in [1.165, 1.54) is 11.2 Å². The van der Waals surface area contributed by atoms with Crippen LogP contribution in [-0.2, 0) is 9.53 Å². The molecule has 0 heterocycles. The molecule has 7 nitrogen and oxygen atoms in total. The minimum Gasteiger partial charge on any atom is -0.497 e. The Kier molecular flexibility index (Phi) is 9.52. The van der Waals surface area contributed by atoms with Gasteiger partial charge in [0.1, 0.15) is 18.1 Å². The average Bonchev–Trinajstić information content (AvgIpc) is 2.52. The van der Waals surface area contributed by atoms with Crippen molar-refractivity contribution in [1.82, 2.24) is 5.01 Å². The Bertz CT molecular complexity index is 541. The lowest BCUT2D eigenvalue weighted by atomic mass is 9.98. The van der Waals surface area contributed by atoms with Gasteiger partial charge in [0.05, 0.1) is 18.2 Å². The van der Waals surface area contributed by atoms with Gasteiger partial charge in [-0.05, 0) is 45.0 Å². The standard InChI is InChI=1S/C16H25N3O4.HI/c1-16(2,3)15(20)23-11-19(18)12(9-17)10-22-14-7-5-13(21-4)6-8-14;/h5-9H,10-11,17-18H2,1-4H3;1H/b12-9-;.